The summed E-state index contributed by atoms with van der Waals surface area (Å²) in [6, 6.07) is 8.69. The van der Waals surface area contributed by atoms with Crippen molar-refractivity contribution in [3.63, 3.8) is 0 Å². The molecule has 0 unspecified atom stereocenters. The molecule has 2 N–H and O–H groups in total. The number of amides is 1. The van der Waals surface area contributed by atoms with Crippen molar-refractivity contribution < 1.29 is 18.0 Å². The van der Waals surface area contributed by atoms with E-state index in [0.717, 1.165) is 4.90 Å². The minimum Gasteiger partial charge on any atom is -0.393 e. The van der Waals surface area contributed by atoms with Crippen molar-refractivity contribution in [3.8, 4) is 5.69 Å². The molecule has 0 atom stereocenters. The zero-order valence-corrected chi connectivity index (χ0v) is 12.6. The Morgan fingerprint density at radius 3 is 2.38 bits per heavy atom. The van der Waals surface area contributed by atoms with Crippen molar-refractivity contribution in [2.24, 2.45) is 0 Å². The molecule has 0 saturated heterocycles. The van der Waals surface area contributed by atoms with Crippen LogP contribution in [0.5, 0.6) is 0 Å². The van der Waals surface area contributed by atoms with Crippen LogP contribution in [0.25, 0.3) is 5.69 Å². The molecule has 1 amide bonds. The lowest BCUT2D eigenvalue weighted by Gasteiger charge is -2.21. The van der Waals surface area contributed by atoms with Gasteiger partial charge in [-0.15, -0.1) is 0 Å². The summed E-state index contributed by atoms with van der Waals surface area (Å²) in [7, 11) is 0. The molecule has 2 aromatic rings. The number of alkyl halides is 3. The molecule has 0 bridgehead atoms. The average Bonchev–Trinajstić information content (AvgIpc) is 2.69. The molecular formula is C15H15F3N4O2. The maximum Gasteiger partial charge on any atom is 0.471 e. The predicted octanol–water partition coefficient (Wildman–Crippen LogP) is 1.17. The molecule has 1 aromatic carbocycles. The van der Waals surface area contributed by atoms with E-state index < -0.39 is 17.6 Å². The Kier molecular flexibility index (Phi) is 3.86. The molecule has 1 aromatic heterocycles. The molecule has 6 nitrogen and oxygen atoms in total. The Balaban J connectivity index is 1.99. The number of carbonyl (C=O) groups is 1. The SMILES string of the molecule is Nc1c2n(n(-c3ccccc3)c1=O)CCN(C(=O)C(F)(F)F)CC2. The molecule has 0 fully saturated rings. The molecule has 1 aliphatic rings. The quantitative estimate of drug-likeness (QED) is 0.847. The molecule has 0 spiro atoms. The number of aromatic nitrogens is 2. The molecule has 2 heterocycles. The highest BCUT2D eigenvalue weighted by atomic mass is 19.4. The predicted molar refractivity (Wildman–Crippen MR) is 80.8 cm³/mol. The molecule has 24 heavy (non-hydrogen) atoms. The van der Waals surface area contributed by atoms with Gasteiger partial charge in [0.05, 0.1) is 17.9 Å². The van der Waals surface area contributed by atoms with E-state index in [-0.39, 0.29) is 31.7 Å². The monoisotopic (exact) mass is 340 g/mol. The Morgan fingerprint density at radius 1 is 1.08 bits per heavy atom. The van der Waals surface area contributed by atoms with Crippen LogP contribution in [0.3, 0.4) is 0 Å². The lowest BCUT2D eigenvalue weighted by Crippen LogP contribution is -2.42. The second kappa shape index (κ2) is 5.73. The molecule has 0 aliphatic carbocycles. The first-order valence-electron chi connectivity index (χ1n) is 7.32. The van der Waals surface area contributed by atoms with Gasteiger partial charge in [0.15, 0.2) is 0 Å². The summed E-state index contributed by atoms with van der Waals surface area (Å²) in [5.41, 5.74) is 6.46. The van der Waals surface area contributed by atoms with Crippen molar-refractivity contribution in [1.82, 2.24) is 14.3 Å². The van der Waals surface area contributed by atoms with Crippen molar-refractivity contribution in [2.75, 3.05) is 18.8 Å². The van der Waals surface area contributed by atoms with Crippen LogP contribution in [0, 0.1) is 0 Å². The first-order chi connectivity index (χ1) is 11.3. The van der Waals surface area contributed by atoms with Crippen LogP contribution in [0.15, 0.2) is 35.1 Å². The van der Waals surface area contributed by atoms with Crippen molar-refractivity contribution >= 4 is 11.6 Å². The fourth-order valence-corrected chi connectivity index (χ4v) is 2.88. The summed E-state index contributed by atoms with van der Waals surface area (Å²) in [6.45, 7) is -0.231. The lowest BCUT2D eigenvalue weighted by atomic mass is 10.2. The summed E-state index contributed by atoms with van der Waals surface area (Å²) in [5.74, 6) is -1.87. The topological polar surface area (TPSA) is 73.3 Å². The molecule has 1 aliphatic heterocycles. The third-order valence-corrected chi connectivity index (χ3v) is 4.02. The van der Waals surface area contributed by atoms with Gasteiger partial charge in [-0.05, 0) is 12.1 Å². The van der Waals surface area contributed by atoms with Crippen LogP contribution in [-0.4, -0.2) is 39.4 Å². The van der Waals surface area contributed by atoms with Crippen molar-refractivity contribution in [1.29, 1.82) is 0 Å². The van der Waals surface area contributed by atoms with Crippen LogP contribution < -0.4 is 11.3 Å². The lowest BCUT2D eigenvalue weighted by molar-refractivity contribution is -0.185. The van der Waals surface area contributed by atoms with Gasteiger partial charge in [0.1, 0.15) is 5.69 Å². The largest absolute Gasteiger partial charge is 0.471 e. The second-order valence-electron chi connectivity index (χ2n) is 5.48. The maximum absolute atomic E-state index is 12.6. The van der Waals surface area contributed by atoms with Gasteiger partial charge in [-0.3, -0.25) is 14.3 Å². The summed E-state index contributed by atoms with van der Waals surface area (Å²) in [5, 5.41) is 0. The minimum atomic E-state index is -4.91. The number of nitrogens with two attached hydrogens (primary N) is 1. The highest BCUT2D eigenvalue weighted by Crippen LogP contribution is 2.22. The smallest absolute Gasteiger partial charge is 0.393 e. The van der Waals surface area contributed by atoms with Gasteiger partial charge >= 0.3 is 12.1 Å². The van der Waals surface area contributed by atoms with E-state index in [0.29, 0.717) is 11.4 Å². The van der Waals surface area contributed by atoms with E-state index in [1.807, 2.05) is 0 Å². The molecule has 0 radical (unpaired) electrons. The third-order valence-electron chi connectivity index (χ3n) is 4.02. The zero-order chi connectivity index (χ0) is 17.5. The van der Waals surface area contributed by atoms with Gasteiger partial charge in [0.2, 0.25) is 0 Å². The van der Waals surface area contributed by atoms with Gasteiger partial charge in [0.25, 0.3) is 5.56 Å². The number of rotatable bonds is 1. The number of anilines is 1. The van der Waals surface area contributed by atoms with Crippen LogP contribution in [0.4, 0.5) is 18.9 Å². The van der Waals surface area contributed by atoms with Gasteiger partial charge in [0, 0.05) is 19.5 Å². The Hall–Kier alpha value is -2.71. The molecule has 9 heteroatoms. The number of hydrogen-bond donors (Lipinski definition) is 1. The van der Waals surface area contributed by atoms with E-state index in [2.05, 4.69) is 0 Å². The molecule has 3 rings (SSSR count). The van der Waals surface area contributed by atoms with Crippen LogP contribution in [0.1, 0.15) is 5.69 Å². The number of nitrogens with zero attached hydrogens (tertiary/aromatic N) is 3. The zero-order valence-electron chi connectivity index (χ0n) is 12.6. The Bertz CT molecular complexity index is 824. The fourth-order valence-electron chi connectivity index (χ4n) is 2.88. The number of para-hydroxylation sites is 1. The van der Waals surface area contributed by atoms with Crippen molar-refractivity contribution in [2.45, 2.75) is 19.1 Å². The maximum atomic E-state index is 12.6. The fraction of sp³-hybridized carbons (Fsp3) is 0.333. The molecule has 0 saturated carbocycles. The normalized spacial score (nSPS) is 15.0. The summed E-state index contributed by atoms with van der Waals surface area (Å²) >= 11 is 0. The first-order valence-corrected chi connectivity index (χ1v) is 7.32. The number of fused-ring (bicyclic) bond motifs is 1. The van der Waals surface area contributed by atoms with Gasteiger partial charge in [-0.2, -0.15) is 13.2 Å². The van der Waals surface area contributed by atoms with Crippen LogP contribution in [-0.2, 0) is 17.8 Å². The van der Waals surface area contributed by atoms with E-state index in [1.165, 1.54) is 4.68 Å². The van der Waals surface area contributed by atoms with Crippen molar-refractivity contribution in [3.05, 3.63) is 46.4 Å². The number of benzene rings is 1. The standard InChI is InChI=1S/C15H15F3N4O2/c16-15(17,18)14(24)20-7-6-11-12(19)13(23)22(21(11)9-8-20)10-4-2-1-3-5-10/h1-5H,6-9,19H2. The Morgan fingerprint density at radius 2 is 1.75 bits per heavy atom. The Labute approximate surface area is 134 Å². The minimum absolute atomic E-state index is 0.000149. The second-order valence-corrected chi connectivity index (χ2v) is 5.48. The third kappa shape index (κ3) is 2.66. The van der Waals surface area contributed by atoms with Gasteiger partial charge in [-0.25, -0.2) is 4.68 Å². The first kappa shape index (κ1) is 16.2. The highest BCUT2D eigenvalue weighted by molar-refractivity contribution is 5.81. The van der Waals surface area contributed by atoms with E-state index >= 15 is 0 Å². The van der Waals surface area contributed by atoms with E-state index in [1.54, 1.807) is 35.0 Å². The van der Waals surface area contributed by atoms with E-state index in [4.69, 9.17) is 5.73 Å². The summed E-state index contributed by atoms with van der Waals surface area (Å²) < 4.78 is 40.8. The van der Waals surface area contributed by atoms with Gasteiger partial charge < -0.3 is 10.6 Å². The van der Waals surface area contributed by atoms with Crippen LogP contribution in [0.2, 0.25) is 0 Å². The molecular weight excluding hydrogens is 325 g/mol. The molecule has 128 valence electrons. The van der Waals surface area contributed by atoms with Crippen LogP contribution >= 0.6 is 0 Å². The number of nitrogen functional groups attached to an aromatic ring is 1. The highest BCUT2D eigenvalue weighted by Gasteiger charge is 2.43. The van der Waals surface area contributed by atoms with Gasteiger partial charge in [-0.1, -0.05) is 18.2 Å². The van der Waals surface area contributed by atoms with E-state index in [9.17, 15) is 22.8 Å². The average molecular weight is 340 g/mol. The summed E-state index contributed by atoms with van der Waals surface area (Å²) in [4.78, 5) is 24.6. The number of hydrogen-bond acceptors (Lipinski definition) is 3. The number of halogens is 3. The summed E-state index contributed by atoms with van der Waals surface area (Å²) in [6.07, 6.45) is -4.83. The number of carbonyl (C=O) groups excluding carboxylic acids is 1.